The van der Waals surface area contributed by atoms with Gasteiger partial charge in [0.1, 0.15) is 27.7 Å². The van der Waals surface area contributed by atoms with Crippen LogP contribution in [-0.4, -0.2) is 66.1 Å². The van der Waals surface area contributed by atoms with Gasteiger partial charge >= 0.3 is 5.97 Å². The zero-order valence-electron chi connectivity index (χ0n) is 19.8. The summed E-state index contributed by atoms with van der Waals surface area (Å²) in [6, 6.07) is 4.62. The summed E-state index contributed by atoms with van der Waals surface area (Å²) in [5.41, 5.74) is -0.722. The molecule has 0 aliphatic carbocycles. The second kappa shape index (κ2) is 9.93. The number of carbonyl (C=O) groups is 3. The fraction of sp³-hybridized carbons (Fsp3) is 0.522. The first-order valence-electron chi connectivity index (χ1n) is 11.0. The van der Waals surface area contributed by atoms with Crippen molar-refractivity contribution in [3.05, 3.63) is 29.3 Å². The number of nitrogens with zero attached hydrogens (tertiary/aromatic N) is 2. The second-order valence-corrected chi connectivity index (χ2v) is 12.9. The molecule has 0 radical (unpaired) electrons. The van der Waals surface area contributed by atoms with Crippen LogP contribution in [0.15, 0.2) is 28.5 Å². The van der Waals surface area contributed by atoms with Crippen LogP contribution in [0.3, 0.4) is 0 Å². The monoisotopic (exact) mass is 528 g/mol. The Kier molecular flexibility index (Phi) is 7.76. The van der Waals surface area contributed by atoms with Gasteiger partial charge in [0, 0.05) is 22.7 Å². The Bertz CT molecular complexity index is 1220. The third kappa shape index (κ3) is 5.62. The van der Waals surface area contributed by atoms with E-state index in [0.29, 0.717) is 15.1 Å². The van der Waals surface area contributed by atoms with Crippen molar-refractivity contribution in [2.24, 2.45) is 0 Å². The van der Waals surface area contributed by atoms with Gasteiger partial charge in [-0.05, 0) is 57.7 Å². The maximum atomic E-state index is 13.7. The number of esters is 1. The molecular weight excluding hydrogens is 500 g/mol. The summed E-state index contributed by atoms with van der Waals surface area (Å²) < 4.78 is 34.4. The lowest BCUT2D eigenvalue weighted by molar-refractivity contribution is -0.163. The number of ketones is 1. The van der Waals surface area contributed by atoms with Gasteiger partial charge in [-0.2, -0.15) is 4.31 Å². The Morgan fingerprint density at radius 1 is 1.29 bits per heavy atom. The number of likely N-dealkylation sites (tertiary alicyclic amines) is 1. The molecule has 34 heavy (non-hydrogen) atoms. The summed E-state index contributed by atoms with van der Waals surface area (Å²) in [4.78, 5) is 39.5. The lowest BCUT2D eigenvalue weighted by Crippen LogP contribution is -2.50. The van der Waals surface area contributed by atoms with Crippen molar-refractivity contribution in [2.45, 2.75) is 69.4 Å². The maximum Gasteiger partial charge on any atom is 0.329 e. The predicted molar refractivity (Wildman–Crippen MR) is 131 cm³/mol. The highest BCUT2D eigenvalue weighted by molar-refractivity contribution is 7.91. The largest absolute Gasteiger partial charge is 0.458 e. The fourth-order valence-corrected chi connectivity index (χ4v) is 7.12. The van der Waals surface area contributed by atoms with Crippen molar-refractivity contribution in [3.63, 3.8) is 0 Å². The first-order chi connectivity index (χ1) is 15.7. The van der Waals surface area contributed by atoms with E-state index in [9.17, 15) is 22.8 Å². The Hall–Kier alpha value is -2.01. The molecular formula is C23H29ClN2O6S2. The summed E-state index contributed by atoms with van der Waals surface area (Å²) in [5, 5.41) is 1.18. The summed E-state index contributed by atoms with van der Waals surface area (Å²) >= 11 is 7.08. The fourth-order valence-electron chi connectivity index (χ4n) is 3.72. The van der Waals surface area contributed by atoms with E-state index in [-0.39, 0.29) is 29.4 Å². The smallest absolute Gasteiger partial charge is 0.329 e. The molecule has 1 aliphatic heterocycles. The SMILES string of the molecule is CCC(=O)CN([C@H]1CCN([C@@H](C)C(=O)OC(C)(C)C)C1=O)S(=O)(=O)c1cc2ccc(Cl)cc2s1. The number of Topliss-reactive ketones (excluding diaryl/α,β-unsaturated/α-hetero) is 1. The van der Waals surface area contributed by atoms with Gasteiger partial charge in [0.25, 0.3) is 10.0 Å². The molecule has 186 valence electrons. The summed E-state index contributed by atoms with van der Waals surface area (Å²) in [7, 11) is -4.17. The van der Waals surface area contributed by atoms with Gasteiger partial charge in [-0.3, -0.25) is 9.59 Å². The molecule has 1 aromatic carbocycles. The number of thiophene rings is 1. The van der Waals surface area contributed by atoms with Crippen molar-refractivity contribution >= 4 is 60.7 Å². The normalized spacial score (nSPS) is 18.0. The highest BCUT2D eigenvalue weighted by Gasteiger charge is 2.45. The van der Waals surface area contributed by atoms with Crippen molar-refractivity contribution in [1.29, 1.82) is 0 Å². The number of hydrogen-bond donors (Lipinski definition) is 0. The van der Waals surface area contributed by atoms with Crippen LogP contribution in [0, 0.1) is 0 Å². The average Bonchev–Trinajstić information content (AvgIpc) is 3.33. The first-order valence-corrected chi connectivity index (χ1v) is 13.6. The minimum Gasteiger partial charge on any atom is -0.458 e. The molecule has 1 amide bonds. The van der Waals surface area contributed by atoms with Gasteiger partial charge in [-0.25, -0.2) is 13.2 Å². The summed E-state index contributed by atoms with van der Waals surface area (Å²) in [6.45, 7) is 8.15. The number of rotatable bonds is 8. The van der Waals surface area contributed by atoms with E-state index >= 15 is 0 Å². The molecule has 0 N–H and O–H groups in total. The topological polar surface area (TPSA) is 101 Å². The number of halogens is 1. The van der Waals surface area contributed by atoms with Gasteiger partial charge in [-0.15, -0.1) is 11.3 Å². The van der Waals surface area contributed by atoms with E-state index in [1.807, 2.05) is 0 Å². The molecule has 2 aromatic rings. The molecule has 2 atom stereocenters. The van der Waals surface area contributed by atoms with Crippen molar-refractivity contribution in [3.8, 4) is 0 Å². The van der Waals surface area contributed by atoms with E-state index < -0.39 is 46.1 Å². The molecule has 3 rings (SSSR count). The number of benzene rings is 1. The molecule has 8 nitrogen and oxygen atoms in total. The number of carbonyl (C=O) groups excluding carboxylic acids is 3. The minimum atomic E-state index is -4.17. The Labute approximate surface area is 208 Å². The zero-order chi connectivity index (χ0) is 25.4. The van der Waals surface area contributed by atoms with Crippen LogP contribution in [0.5, 0.6) is 0 Å². The Morgan fingerprint density at radius 2 is 1.97 bits per heavy atom. The van der Waals surface area contributed by atoms with E-state index in [2.05, 4.69) is 0 Å². The number of sulfonamides is 1. The van der Waals surface area contributed by atoms with Gasteiger partial charge in [0.2, 0.25) is 5.91 Å². The summed E-state index contributed by atoms with van der Waals surface area (Å²) in [6.07, 6.45) is 0.298. The van der Waals surface area contributed by atoms with Crippen LogP contribution in [0.2, 0.25) is 5.02 Å². The van der Waals surface area contributed by atoms with Crippen LogP contribution in [0.25, 0.3) is 10.1 Å². The third-order valence-corrected chi connectivity index (χ3v) is 9.16. The molecule has 1 fully saturated rings. The van der Waals surface area contributed by atoms with Crippen LogP contribution in [0.1, 0.15) is 47.5 Å². The number of fused-ring (bicyclic) bond motifs is 1. The van der Waals surface area contributed by atoms with Gasteiger partial charge < -0.3 is 9.64 Å². The quantitative estimate of drug-likeness (QED) is 0.482. The van der Waals surface area contributed by atoms with Gasteiger partial charge in [0.15, 0.2) is 0 Å². The molecule has 1 aromatic heterocycles. The van der Waals surface area contributed by atoms with E-state index in [4.69, 9.17) is 16.3 Å². The average molecular weight is 529 g/mol. The maximum absolute atomic E-state index is 13.7. The lowest BCUT2D eigenvalue weighted by atomic mass is 10.2. The van der Waals surface area contributed by atoms with E-state index in [1.165, 1.54) is 11.0 Å². The van der Waals surface area contributed by atoms with Crippen LogP contribution in [0.4, 0.5) is 0 Å². The number of ether oxygens (including phenoxy) is 1. The van der Waals surface area contributed by atoms with Crippen molar-refractivity contribution < 1.29 is 27.5 Å². The lowest BCUT2D eigenvalue weighted by Gasteiger charge is -2.29. The molecule has 11 heteroatoms. The standard InChI is InChI=1S/C23H29ClN2O6S2/c1-6-17(27)13-26(34(30,31)20-11-15-7-8-16(24)12-19(15)33-20)18-9-10-25(21(18)28)14(2)22(29)32-23(3,4)5/h7-8,11-12,14,18H,6,9-10,13H2,1-5H3/t14-,18-/m0/s1. The Balaban J connectivity index is 1.93. The summed E-state index contributed by atoms with van der Waals surface area (Å²) in [5.74, 6) is -1.39. The number of amides is 1. The van der Waals surface area contributed by atoms with Crippen molar-refractivity contribution in [2.75, 3.05) is 13.1 Å². The molecule has 1 aliphatic rings. The third-order valence-electron chi connectivity index (χ3n) is 5.52. The van der Waals surface area contributed by atoms with Crippen molar-refractivity contribution in [1.82, 2.24) is 9.21 Å². The van der Waals surface area contributed by atoms with E-state index in [0.717, 1.165) is 15.6 Å². The van der Waals surface area contributed by atoms with E-state index in [1.54, 1.807) is 52.8 Å². The van der Waals surface area contributed by atoms with Crippen LogP contribution in [-0.2, 0) is 29.1 Å². The molecule has 0 unspecified atom stereocenters. The van der Waals surface area contributed by atoms with Crippen LogP contribution < -0.4 is 0 Å². The first kappa shape index (κ1) is 26.6. The molecule has 0 bridgehead atoms. The second-order valence-electron chi connectivity index (χ2n) is 9.24. The zero-order valence-corrected chi connectivity index (χ0v) is 22.2. The number of hydrogen-bond acceptors (Lipinski definition) is 7. The highest BCUT2D eigenvalue weighted by Crippen LogP contribution is 2.35. The molecule has 1 saturated heterocycles. The predicted octanol–water partition coefficient (Wildman–Crippen LogP) is 3.86. The molecule has 2 heterocycles. The Morgan fingerprint density at radius 3 is 2.59 bits per heavy atom. The van der Waals surface area contributed by atoms with Crippen LogP contribution >= 0.6 is 22.9 Å². The van der Waals surface area contributed by atoms with Gasteiger partial charge in [0.05, 0.1) is 6.54 Å². The minimum absolute atomic E-state index is 0.0279. The molecule has 0 saturated carbocycles. The highest BCUT2D eigenvalue weighted by atomic mass is 35.5. The van der Waals surface area contributed by atoms with Gasteiger partial charge in [-0.1, -0.05) is 24.6 Å². The molecule has 0 spiro atoms.